The zero-order valence-corrected chi connectivity index (χ0v) is 18.2. The molecule has 0 atom stereocenters. The van der Waals surface area contributed by atoms with Crippen molar-refractivity contribution in [1.82, 2.24) is 25.4 Å². The Kier molecular flexibility index (Phi) is 8.98. The van der Waals surface area contributed by atoms with Gasteiger partial charge < -0.3 is 14.6 Å². The minimum absolute atomic E-state index is 0.0853. The predicted octanol–water partition coefficient (Wildman–Crippen LogP) is 3.33. The molecule has 2 N–H and O–H groups in total. The van der Waals surface area contributed by atoms with Crippen LogP contribution in [0.1, 0.15) is 33.6 Å². The van der Waals surface area contributed by atoms with Gasteiger partial charge in [0, 0.05) is 18.7 Å². The molecule has 8 nitrogen and oxygen atoms in total. The maximum atomic E-state index is 12.1. The molecule has 0 bridgehead atoms. The van der Waals surface area contributed by atoms with Gasteiger partial charge in [-0.3, -0.25) is 10.1 Å². The van der Waals surface area contributed by atoms with E-state index in [1.54, 1.807) is 7.11 Å². The molecular formula is C20H29N5O3S. The van der Waals surface area contributed by atoms with Crippen molar-refractivity contribution in [1.29, 1.82) is 0 Å². The lowest BCUT2D eigenvalue weighted by molar-refractivity contribution is -0.117. The summed E-state index contributed by atoms with van der Waals surface area (Å²) in [6.07, 6.45) is 2.00. The number of aromatic nitrogens is 3. The third-order valence-corrected chi connectivity index (χ3v) is 5.02. The number of hydrogen-bond donors (Lipinski definition) is 2. The quantitative estimate of drug-likeness (QED) is 0.573. The maximum Gasteiger partial charge on any atom is 0.321 e. The third-order valence-electron chi connectivity index (χ3n) is 4.06. The van der Waals surface area contributed by atoms with Gasteiger partial charge in [0.1, 0.15) is 5.75 Å². The highest BCUT2D eigenvalue weighted by Gasteiger charge is 2.16. The number of nitrogens with zero attached hydrogens (tertiary/aromatic N) is 3. The van der Waals surface area contributed by atoms with Gasteiger partial charge in [-0.2, -0.15) is 0 Å². The van der Waals surface area contributed by atoms with Crippen molar-refractivity contribution in [3.8, 4) is 17.1 Å². The van der Waals surface area contributed by atoms with Crippen LogP contribution in [0.4, 0.5) is 4.79 Å². The lowest BCUT2D eigenvalue weighted by Gasteiger charge is -2.10. The van der Waals surface area contributed by atoms with Crippen LogP contribution in [0.25, 0.3) is 11.4 Å². The third kappa shape index (κ3) is 7.08. The van der Waals surface area contributed by atoms with Crippen LogP contribution < -0.4 is 15.4 Å². The van der Waals surface area contributed by atoms with Crippen LogP contribution in [0.3, 0.4) is 0 Å². The van der Waals surface area contributed by atoms with Gasteiger partial charge in [-0.05, 0) is 36.6 Å². The highest BCUT2D eigenvalue weighted by Crippen LogP contribution is 2.26. The van der Waals surface area contributed by atoms with E-state index < -0.39 is 6.03 Å². The molecule has 0 aliphatic rings. The second-order valence-electron chi connectivity index (χ2n) is 6.98. The summed E-state index contributed by atoms with van der Waals surface area (Å²) >= 11 is 1.27. The molecule has 0 fully saturated rings. The zero-order valence-electron chi connectivity index (χ0n) is 17.4. The van der Waals surface area contributed by atoms with Gasteiger partial charge in [-0.1, -0.05) is 39.0 Å². The number of urea groups is 1. The molecule has 0 unspecified atom stereocenters. The van der Waals surface area contributed by atoms with Crippen LogP contribution in [0.5, 0.6) is 5.75 Å². The Bertz CT molecular complexity index is 805. The summed E-state index contributed by atoms with van der Waals surface area (Å²) in [6, 6.07) is 7.15. The summed E-state index contributed by atoms with van der Waals surface area (Å²) < 4.78 is 7.22. The fraction of sp³-hybridized carbons (Fsp3) is 0.500. The van der Waals surface area contributed by atoms with Gasteiger partial charge in [0.2, 0.25) is 5.91 Å². The SMILES string of the molecule is CCCCn1c(SCC(=O)NC(=O)NCC(C)C)nnc1-c1ccc(OC)cc1. The number of imide groups is 1. The maximum absolute atomic E-state index is 12.1. The summed E-state index contributed by atoms with van der Waals surface area (Å²) in [5.41, 5.74) is 0.929. The molecule has 0 saturated carbocycles. The fourth-order valence-corrected chi connectivity index (χ4v) is 3.27. The number of ether oxygens (including phenoxy) is 1. The Hall–Kier alpha value is -2.55. The Morgan fingerprint density at radius 3 is 2.55 bits per heavy atom. The molecule has 1 heterocycles. The monoisotopic (exact) mass is 419 g/mol. The van der Waals surface area contributed by atoms with Crippen molar-refractivity contribution in [2.75, 3.05) is 19.4 Å². The van der Waals surface area contributed by atoms with Crippen molar-refractivity contribution in [3.05, 3.63) is 24.3 Å². The number of carbonyl (C=O) groups is 2. The van der Waals surface area contributed by atoms with Gasteiger partial charge in [-0.15, -0.1) is 10.2 Å². The molecule has 29 heavy (non-hydrogen) atoms. The van der Waals surface area contributed by atoms with E-state index in [4.69, 9.17) is 4.74 Å². The number of carbonyl (C=O) groups excluding carboxylic acids is 2. The molecule has 158 valence electrons. The molecule has 0 spiro atoms. The van der Waals surface area contributed by atoms with Crippen LogP contribution in [0, 0.1) is 5.92 Å². The average molecular weight is 420 g/mol. The Balaban J connectivity index is 2.05. The van der Waals surface area contributed by atoms with Crippen LogP contribution in [-0.4, -0.2) is 46.1 Å². The number of benzene rings is 1. The Morgan fingerprint density at radius 1 is 1.21 bits per heavy atom. The lowest BCUT2D eigenvalue weighted by atomic mass is 10.2. The van der Waals surface area contributed by atoms with Gasteiger partial charge in [0.15, 0.2) is 11.0 Å². The van der Waals surface area contributed by atoms with Crippen LogP contribution in [0.15, 0.2) is 29.4 Å². The summed E-state index contributed by atoms with van der Waals surface area (Å²) in [5.74, 6) is 1.56. The van der Waals surface area contributed by atoms with Gasteiger partial charge in [0.25, 0.3) is 0 Å². The smallest absolute Gasteiger partial charge is 0.321 e. The number of methoxy groups -OCH3 is 1. The number of thioether (sulfide) groups is 1. The van der Waals surface area contributed by atoms with Crippen molar-refractivity contribution in [3.63, 3.8) is 0 Å². The highest BCUT2D eigenvalue weighted by atomic mass is 32.2. The molecule has 0 aliphatic carbocycles. The van der Waals surface area contributed by atoms with Crippen molar-refractivity contribution < 1.29 is 14.3 Å². The number of hydrogen-bond acceptors (Lipinski definition) is 6. The number of unbranched alkanes of at least 4 members (excludes halogenated alkanes) is 1. The Labute approximate surface area is 175 Å². The minimum Gasteiger partial charge on any atom is -0.497 e. The van der Waals surface area contributed by atoms with E-state index in [1.165, 1.54) is 11.8 Å². The van der Waals surface area contributed by atoms with Gasteiger partial charge >= 0.3 is 6.03 Å². The molecule has 1 aromatic carbocycles. The molecule has 3 amide bonds. The van der Waals surface area contributed by atoms with E-state index in [9.17, 15) is 9.59 Å². The van der Waals surface area contributed by atoms with E-state index in [2.05, 4.69) is 27.8 Å². The molecule has 0 aliphatic heterocycles. The topological polar surface area (TPSA) is 98.1 Å². The van der Waals surface area contributed by atoms with Crippen molar-refractivity contribution in [2.45, 2.75) is 45.3 Å². The highest BCUT2D eigenvalue weighted by molar-refractivity contribution is 7.99. The van der Waals surface area contributed by atoms with Gasteiger partial charge in [0.05, 0.1) is 12.9 Å². The van der Waals surface area contributed by atoms with E-state index in [0.717, 1.165) is 36.5 Å². The van der Waals surface area contributed by atoms with Crippen LogP contribution in [-0.2, 0) is 11.3 Å². The van der Waals surface area contributed by atoms with Gasteiger partial charge in [-0.25, -0.2) is 4.79 Å². The predicted molar refractivity (Wildman–Crippen MR) is 114 cm³/mol. The van der Waals surface area contributed by atoms with E-state index >= 15 is 0 Å². The number of amides is 3. The van der Waals surface area contributed by atoms with Crippen molar-refractivity contribution in [2.24, 2.45) is 5.92 Å². The summed E-state index contributed by atoms with van der Waals surface area (Å²) in [4.78, 5) is 23.8. The molecule has 2 rings (SSSR count). The normalized spacial score (nSPS) is 10.8. The second-order valence-corrected chi connectivity index (χ2v) is 7.92. The summed E-state index contributed by atoms with van der Waals surface area (Å²) in [7, 11) is 1.63. The van der Waals surface area contributed by atoms with E-state index in [0.29, 0.717) is 17.6 Å². The largest absolute Gasteiger partial charge is 0.497 e. The first-order valence-corrected chi connectivity index (χ1v) is 10.7. The van der Waals surface area contributed by atoms with E-state index in [1.807, 2.05) is 42.7 Å². The zero-order chi connectivity index (χ0) is 21.2. The molecule has 0 radical (unpaired) electrons. The molecule has 1 aromatic heterocycles. The van der Waals surface area contributed by atoms with Crippen LogP contribution >= 0.6 is 11.8 Å². The first-order valence-electron chi connectivity index (χ1n) is 9.72. The van der Waals surface area contributed by atoms with Crippen LogP contribution in [0.2, 0.25) is 0 Å². The first-order chi connectivity index (χ1) is 13.9. The van der Waals surface area contributed by atoms with E-state index in [-0.39, 0.29) is 11.7 Å². The minimum atomic E-state index is -0.476. The molecular weight excluding hydrogens is 390 g/mol. The summed E-state index contributed by atoms with van der Waals surface area (Å²) in [6.45, 7) is 7.36. The lowest BCUT2D eigenvalue weighted by Crippen LogP contribution is -2.41. The second kappa shape index (κ2) is 11.5. The molecule has 0 saturated heterocycles. The average Bonchev–Trinajstić information content (AvgIpc) is 3.11. The first kappa shape index (κ1) is 22.7. The Morgan fingerprint density at radius 2 is 1.93 bits per heavy atom. The van der Waals surface area contributed by atoms with Crippen molar-refractivity contribution >= 4 is 23.7 Å². The fourth-order valence-electron chi connectivity index (χ4n) is 2.50. The molecule has 9 heteroatoms. The summed E-state index contributed by atoms with van der Waals surface area (Å²) in [5, 5.41) is 14.2. The molecule has 2 aromatic rings. The number of nitrogens with one attached hydrogen (secondary N) is 2. The standard InChI is InChI=1S/C20H29N5O3S/c1-5-6-11-25-18(15-7-9-16(28-4)10-8-15)23-24-20(25)29-13-17(26)22-19(27)21-12-14(2)3/h7-10,14H,5-6,11-13H2,1-4H3,(H2,21,22,26,27). The number of rotatable bonds is 10.